The lowest BCUT2D eigenvalue weighted by Gasteiger charge is -2.36. The zero-order valence-electron chi connectivity index (χ0n) is 11.7. The van der Waals surface area contributed by atoms with Gasteiger partial charge in [-0.3, -0.25) is 4.79 Å². The predicted molar refractivity (Wildman–Crippen MR) is 70.3 cm³/mol. The minimum atomic E-state index is -0.768. The summed E-state index contributed by atoms with van der Waals surface area (Å²) in [7, 11) is 3.08. The van der Waals surface area contributed by atoms with Gasteiger partial charge in [0.25, 0.3) is 0 Å². The minimum absolute atomic E-state index is 0.119. The third-order valence-corrected chi connectivity index (χ3v) is 3.96. The van der Waals surface area contributed by atoms with Crippen LogP contribution in [0.25, 0.3) is 0 Å². The molecule has 1 fully saturated rings. The summed E-state index contributed by atoms with van der Waals surface area (Å²) < 4.78 is 10.7. The van der Waals surface area contributed by atoms with Crippen LogP contribution < -0.4 is 4.74 Å². The van der Waals surface area contributed by atoms with E-state index in [0.29, 0.717) is 5.92 Å². The fourth-order valence-corrected chi connectivity index (χ4v) is 2.60. The number of carbonyl (C=O) groups excluding carboxylic acids is 1. The number of Topliss-reactive ketones (excluding diaryl/α,β-unsaturated/α-hetero) is 1. The Morgan fingerprint density at radius 2 is 1.89 bits per heavy atom. The fraction of sp³-hybridized carbons (Fsp3) is 0.643. The van der Waals surface area contributed by atoms with E-state index < -0.39 is 5.60 Å². The molecule has 0 saturated heterocycles. The number of ketones is 1. The van der Waals surface area contributed by atoms with Crippen molar-refractivity contribution in [3.05, 3.63) is 18.1 Å². The van der Waals surface area contributed by atoms with Gasteiger partial charge < -0.3 is 9.47 Å². The Morgan fingerprint density at radius 3 is 2.47 bits per heavy atom. The second-order valence-electron chi connectivity index (χ2n) is 5.12. The molecule has 0 atom stereocenters. The zero-order valence-corrected chi connectivity index (χ0v) is 11.7. The van der Waals surface area contributed by atoms with E-state index in [-0.39, 0.29) is 17.4 Å². The summed E-state index contributed by atoms with van der Waals surface area (Å²) in [5, 5.41) is 0. The van der Waals surface area contributed by atoms with E-state index >= 15 is 0 Å². The first-order chi connectivity index (χ1) is 9.13. The Bertz CT molecular complexity index is 454. The number of ether oxygens (including phenoxy) is 2. The maximum Gasteiger partial charge on any atom is 0.243 e. The van der Waals surface area contributed by atoms with Crippen LogP contribution in [0.2, 0.25) is 0 Å². The number of carbonyl (C=O) groups is 1. The Morgan fingerprint density at radius 1 is 1.26 bits per heavy atom. The molecule has 5 nitrogen and oxygen atoms in total. The first kappa shape index (κ1) is 13.9. The van der Waals surface area contributed by atoms with Gasteiger partial charge >= 0.3 is 0 Å². The molecule has 1 saturated carbocycles. The number of hydrogen-bond donors (Lipinski definition) is 0. The van der Waals surface area contributed by atoms with Crippen LogP contribution in [0.5, 0.6) is 5.88 Å². The Labute approximate surface area is 113 Å². The van der Waals surface area contributed by atoms with Gasteiger partial charge in [-0.05, 0) is 31.6 Å². The SMILES string of the molecule is COc1nccnc1C(=O)C1(OC)CCC(C)CC1. The predicted octanol–water partition coefficient (Wildman–Crippen LogP) is 2.26. The first-order valence-electron chi connectivity index (χ1n) is 6.58. The van der Waals surface area contributed by atoms with E-state index in [1.165, 1.54) is 19.5 Å². The summed E-state index contributed by atoms with van der Waals surface area (Å²) in [6, 6.07) is 0. The van der Waals surface area contributed by atoms with Gasteiger partial charge in [0.2, 0.25) is 11.7 Å². The van der Waals surface area contributed by atoms with Crippen LogP contribution >= 0.6 is 0 Å². The van der Waals surface area contributed by atoms with Crippen molar-refractivity contribution in [2.45, 2.75) is 38.2 Å². The van der Waals surface area contributed by atoms with Gasteiger partial charge in [-0.2, -0.15) is 0 Å². The molecule has 19 heavy (non-hydrogen) atoms. The molecule has 0 amide bonds. The second kappa shape index (κ2) is 5.65. The van der Waals surface area contributed by atoms with Crippen LogP contribution in [0.15, 0.2) is 12.4 Å². The van der Waals surface area contributed by atoms with E-state index in [9.17, 15) is 4.79 Å². The molecule has 1 heterocycles. The summed E-state index contributed by atoms with van der Waals surface area (Å²) in [6.07, 6.45) is 6.44. The number of rotatable bonds is 4. The monoisotopic (exact) mass is 264 g/mol. The summed E-state index contributed by atoms with van der Waals surface area (Å²) >= 11 is 0. The highest BCUT2D eigenvalue weighted by molar-refractivity contribution is 6.02. The van der Waals surface area contributed by atoms with Crippen molar-refractivity contribution in [2.75, 3.05) is 14.2 Å². The first-order valence-corrected chi connectivity index (χ1v) is 6.58. The molecule has 1 aromatic rings. The minimum Gasteiger partial charge on any atom is -0.479 e. The van der Waals surface area contributed by atoms with Crippen LogP contribution in [-0.4, -0.2) is 35.6 Å². The molecule has 0 spiro atoms. The van der Waals surface area contributed by atoms with Gasteiger partial charge in [0, 0.05) is 19.5 Å². The Kier molecular flexibility index (Phi) is 4.14. The zero-order chi connectivity index (χ0) is 13.9. The molecule has 0 N–H and O–H groups in total. The lowest BCUT2D eigenvalue weighted by atomic mass is 9.76. The van der Waals surface area contributed by atoms with Gasteiger partial charge in [-0.1, -0.05) is 6.92 Å². The number of methoxy groups -OCH3 is 2. The van der Waals surface area contributed by atoms with Crippen LogP contribution in [0.4, 0.5) is 0 Å². The van der Waals surface area contributed by atoms with E-state index in [4.69, 9.17) is 9.47 Å². The maximum absolute atomic E-state index is 12.7. The summed E-state index contributed by atoms with van der Waals surface area (Å²) in [5.74, 6) is 0.786. The van der Waals surface area contributed by atoms with E-state index in [1.54, 1.807) is 7.11 Å². The molecular weight excluding hydrogens is 244 g/mol. The van der Waals surface area contributed by atoms with Crippen LogP contribution in [-0.2, 0) is 4.74 Å². The molecule has 104 valence electrons. The van der Waals surface area contributed by atoms with E-state index in [0.717, 1.165) is 25.7 Å². The maximum atomic E-state index is 12.7. The molecule has 0 unspecified atom stereocenters. The lowest BCUT2D eigenvalue weighted by molar-refractivity contribution is -0.0268. The van der Waals surface area contributed by atoms with Crippen molar-refractivity contribution in [1.82, 2.24) is 9.97 Å². The molecule has 2 rings (SSSR count). The number of hydrogen-bond acceptors (Lipinski definition) is 5. The van der Waals surface area contributed by atoms with Crippen LogP contribution in [0.3, 0.4) is 0 Å². The molecule has 1 aromatic heterocycles. The average Bonchev–Trinajstić information content (AvgIpc) is 2.47. The van der Waals surface area contributed by atoms with Gasteiger partial charge in [-0.15, -0.1) is 0 Å². The number of aromatic nitrogens is 2. The van der Waals surface area contributed by atoms with Crippen molar-refractivity contribution >= 4 is 5.78 Å². The normalized spacial score (nSPS) is 27.0. The highest BCUT2D eigenvalue weighted by Gasteiger charge is 2.43. The van der Waals surface area contributed by atoms with Crippen molar-refractivity contribution in [3.63, 3.8) is 0 Å². The average molecular weight is 264 g/mol. The van der Waals surface area contributed by atoms with Crippen LogP contribution in [0.1, 0.15) is 43.1 Å². The molecule has 0 aliphatic heterocycles. The van der Waals surface area contributed by atoms with Crippen molar-refractivity contribution in [2.24, 2.45) is 5.92 Å². The van der Waals surface area contributed by atoms with Crippen molar-refractivity contribution in [3.8, 4) is 5.88 Å². The molecule has 1 aliphatic carbocycles. The topological polar surface area (TPSA) is 61.3 Å². The highest BCUT2D eigenvalue weighted by Crippen LogP contribution is 2.37. The standard InChI is InChI=1S/C14H20N2O3/c1-10-4-6-14(19-3,7-5-10)12(17)11-13(18-2)16-9-8-15-11/h8-10H,4-7H2,1-3H3. The second-order valence-corrected chi connectivity index (χ2v) is 5.12. The van der Waals surface area contributed by atoms with E-state index in [2.05, 4.69) is 16.9 Å². The van der Waals surface area contributed by atoms with Crippen molar-refractivity contribution in [1.29, 1.82) is 0 Å². The summed E-state index contributed by atoms with van der Waals surface area (Å²) in [4.78, 5) is 20.9. The third kappa shape index (κ3) is 2.61. The fourth-order valence-electron chi connectivity index (χ4n) is 2.60. The molecule has 0 aromatic carbocycles. The van der Waals surface area contributed by atoms with Gasteiger partial charge in [-0.25, -0.2) is 9.97 Å². The lowest BCUT2D eigenvalue weighted by Crippen LogP contribution is -2.44. The smallest absolute Gasteiger partial charge is 0.243 e. The molecule has 1 aliphatic rings. The Balaban J connectivity index is 2.30. The highest BCUT2D eigenvalue weighted by atomic mass is 16.5. The third-order valence-electron chi connectivity index (χ3n) is 3.96. The van der Waals surface area contributed by atoms with Crippen LogP contribution in [0, 0.1) is 5.92 Å². The largest absolute Gasteiger partial charge is 0.479 e. The molecular formula is C14H20N2O3. The van der Waals surface area contributed by atoms with Gasteiger partial charge in [0.15, 0.2) is 5.69 Å². The molecule has 0 radical (unpaired) electrons. The van der Waals surface area contributed by atoms with E-state index in [1.807, 2.05) is 0 Å². The van der Waals surface area contributed by atoms with Crippen molar-refractivity contribution < 1.29 is 14.3 Å². The Hall–Kier alpha value is -1.49. The quantitative estimate of drug-likeness (QED) is 0.781. The van der Waals surface area contributed by atoms with Gasteiger partial charge in [0.05, 0.1) is 7.11 Å². The molecule has 0 bridgehead atoms. The summed E-state index contributed by atoms with van der Waals surface area (Å²) in [5.41, 5.74) is -0.503. The number of nitrogens with zero attached hydrogens (tertiary/aromatic N) is 2. The molecule has 5 heteroatoms. The van der Waals surface area contributed by atoms with Gasteiger partial charge in [0.1, 0.15) is 5.60 Å². The summed E-state index contributed by atoms with van der Waals surface area (Å²) in [6.45, 7) is 2.20.